The average molecular weight is 260 g/mol. The van der Waals surface area contributed by atoms with Gasteiger partial charge in [0.15, 0.2) is 0 Å². The summed E-state index contributed by atoms with van der Waals surface area (Å²) in [5, 5.41) is 2.82. The molecule has 0 spiro atoms. The Kier molecular flexibility index (Phi) is 5.67. The number of carbonyl (C=O) groups excluding carboxylic acids is 1. The fourth-order valence-electron chi connectivity index (χ4n) is 1.78. The number of rotatable bonds is 7. The summed E-state index contributed by atoms with van der Waals surface area (Å²) >= 11 is 0. The third kappa shape index (κ3) is 4.17. The van der Waals surface area contributed by atoms with Gasteiger partial charge in [-0.25, -0.2) is 0 Å². The summed E-state index contributed by atoms with van der Waals surface area (Å²) in [6.07, 6.45) is 3.61. The molecule has 0 aliphatic carbocycles. The second-order valence-electron chi connectivity index (χ2n) is 4.05. The van der Waals surface area contributed by atoms with Crippen molar-refractivity contribution in [3.63, 3.8) is 0 Å². The number of ether oxygens (including phenoxy) is 1. The van der Waals surface area contributed by atoms with Crippen molar-refractivity contribution in [3.05, 3.63) is 43.5 Å². The maximum Gasteiger partial charge on any atom is 0.221 e. The van der Waals surface area contributed by atoms with Gasteiger partial charge in [-0.1, -0.05) is 12.2 Å². The molecule has 1 aromatic carbocycles. The Morgan fingerprint density at radius 3 is 2.47 bits per heavy atom. The average Bonchev–Trinajstić information content (AvgIpc) is 2.38. The number of hydrogen-bond acceptors (Lipinski definition) is 3. The highest BCUT2D eigenvalue weighted by Crippen LogP contribution is 2.30. The van der Waals surface area contributed by atoms with Crippen molar-refractivity contribution < 1.29 is 9.53 Å². The van der Waals surface area contributed by atoms with Crippen molar-refractivity contribution in [2.45, 2.75) is 6.92 Å². The molecule has 0 heterocycles. The molecule has 102 valence electrons. The first-order valence-electron chi connectivity index (χ1n) is 6.04. The summed E-state index contributed by atoms with van der Waals surface area (Å²) < 4.78 is 5.23. The van der Waals surface area contributed by atoms with Gasteiger partial charge in [-0.15, -0.1) is 13.2 Å². The first-order chi connectivity index (χ1) is 9.12. The monoisotopic (exact) mass is 260 g/mol. The van der Waals surface area contributed by atoms with Gasteiger partial charge in [0.05, 0.1) is 18.5 Å². The number of carbonyl (C=O) groups is 1. The number of anilines is 2. The molecule has 1 amide bonds. The molecule has 0 atom stereocenters. The van der Waals surface area contributed by atoms with Crippen molar-refractivity contribution in [2.24, 2.45) is 0 Å². The normalized spacial score (nSPS) is 9.58. The molecule has 1 rings (SSSR count). The minimum Gasteiger partial charge on any atom is -0.497 e. The van der Waals surface area contributed by atoms with Crippen LogP contribution in [0.25, 0.3) is 0 Å². The van der Waals surface area contributed by atoms with Gasteiger partial charge in [0, 0.05) is 26.1 Å². The van der Waals surface area contributed by atoms with Crippen molar-refractivity contribution in [1.29, 1.82) is 0 Å². The minimum absolute atomic E-state index is 0.108. The van der Waals surface area contributed by atoms with E-state index in [0.717, 1.165) is 17.1 Å². The molecule has 0 aliphatic rings. The highest BCUT2D eigenvalue weighted by Gasteiger charge is 2.11. The predicted octanol–water partition coefficient (Wildman–Crippen LogP) is 2.83. The van der Waals surface area contributed by atoms with E-state index in [-0.39, 0.29) is 5.91 Å². The lowest BCUT2D eigenvalue weighted by atomic mass is 10.2. The Morgan fingerprint density at radius 1 is 1.37 bits per heavy atom. The van der Waals surface area contributed by atoms with Crippen LogP contribution in [0.1, 0.15) is 6.92 Å². The molecule has 0 unspecified atom stereocenters. The summed E-state index contributed by atoms with van der Waals surface area (Å²) in [6, 6.07) is 5.53. The van der Waals surface area contributed by atoms with E-state index in [4.69, 9.17) is 4.74 Å². The third-order valence-corrected chi connectivity index (χ3v) is 2.56. The Bertz CT molecular complexity index is 459. The van der Waals surface area contributed by atoms with Crippen LogP contribution in [0.15, 0.2) is 43.5 Å². The first-order valence-corrected chi connectivity index (χ1v) is 6.04. The van der Waals surface area contributed by atoms with E-state index >= 15 is 0 Å². The van der Waals surface area contributed by atoms with E-state index in [1.54, 1.807) is 19.3 Å². The molecule has 1 aromatic rings. The highest BCUT2D eigenvalue weighted by atomic mass is 16.5. The van der Waals surface area contributed by atoms with Crippen LogP contribution in [0.5, 0.6) is 5.75 Å². The van der Waals surface area contributed by atoms with Crippen molar-refractivity contribution in [2.75, 3.05) is 30.4 Å². The second kappa shape index (κ2) is 7.26. The minimum atomic E-state index is -0.108. The molecule has 0 saturated carbocycles. The Morgan fingerprint density at radius 2 is 2.00 bits per heavy atom. The standard InChI is InChI=1S/C15H20N2O2/c1-5-9-17(10-6-2)15-11-13(19-4)7-8-14(15)16-12(3)18/h5-8,11H,1-2,9-10H2,3-4H3,(H,16,18). The van der Waals surface area contributed by atoms with E-state index in [1.165, 1.54) is 6.92 Å². The fourth-order valence-corrected chi connectivity index (χ4v) is 1.78. The lowest BCUT2D eigenvalue weighted by molar-refractivity contribution is -0.114. The van der Waals surface area contributed by atoms with Crippen LogP contribution in [0.3, 0.4) is 0 Å². The molecular weight excluding hydrogens is 240 g/mol. The number of methoxy groups -OCH3 is 1. The number of amides is 1. The Labute approximate surface area is 114 Å². The van der Waals surface area contributed by atoms with Gasteiger partial charge < -0.3 is 15.0 Å². The second-order valence-corrected chi connectivity index (χ2v) is 4.05. The van der Waals surface area contributed by atoms with Crippen LogP contribution in [-0.2, 0) is 4.79 Å². The van der Waals surface area contributed by atoms with Crippen molar-refractivity contribution >= 4 is 17.3 Å². The maximum absolute atomic E-state index is 11.3. The van der Waals surface area contributed by atoms with Gasteiger partial charge >= 0.3 is 0 Å². The molecule has 19 heavy (non-hydrogen) atoms. The fraction of sp³-hybridized carbons (Fsp3) is 0.267. The molecule has 0 bridgehead atoms. The summed E-state index contributed by atoms with van der Waals surface area (Å²) in [5.41, 5.74) is 1.63. The summed E-state index contributed by atoms with van der Waals surface area (Å²) in [5.74, 6) is 0.630. The summed E-state index contributed by atoms with van der Waals surface area (Å²) in [7, 11) is 1.61. The summed E-state index contributed by atoms with van der Waals surface area (Å²) in [4.78, 5) is 13.3. The molecule has 4 heteroatoms. The van der Waals surface area contributed by atoms with E-state index in [2.05, 4.69) is 18.5 Å². The van der Waals surface area contributed by atoms with Crippen molar-refractivity contribution in [3.8, 4) is 5.75 Å². The first kappa shape index (κ1) is 14.8. The molecule has 0 saturated heterocycles. The zero-order valence-corrected chi connectivity index (χ0v) is 11.5. The lowest BCUT2D eigenvalue weighted by Gasteiger charge is -2.25. The van der Waals surface area contributed by atoms with Gasteiger partial charge in [-0.2, -0.15) is 0 Å². The van der Waals surface area contributed by atoms with E-state index in [0.29, 0.717) is 13.1 Å². The molecular formula is C15H20N2O2. The molecule has 0 aliphatic heterocycles. The van der Waals surface area contributed by atoms with Crippen LogP contribution in [0.4, 0.5) is 11.4 Å². The summed E-state index contributed by atoms with van der Waals surface area (Å²) in [6.45, 7) is 10.3. The van der Waals surface area contributed by atoms with Crippen LogP contribution >= 0.6 is 0 Å². The van der Waals surface area contributed by atoms with Gasteiger partial charge in [0.25, 0.3) is 0 Å². The van der Waals surface area contributed by atoms with Gasteiger partial charge in [0.1, 0.15) is 5.75 Å². The van der Waals surface area contributed by atoms with Crippen LogP contribution < -0.4 is 15.0 Å². The lowest BCUT2D eigenvalue weighted by Crippen LogP contribution is -2.24. The van der Waals surface area contributed by atoms with E-state index < -0.39 is 0 Å². The van der Waals surface area contributed by atoms with Crippen LogP contribution in [0, 0.1) is 0 Å². The van der Waals surface area contributed by atoms with Gasteiger partial charge in [0.2, 0.25) is 5.91 Å². The van der Waals surface area contributed by atoms with E-state index in [9.17, 15) is 4.79 Å². The molecule has 0 aromatic heterocycles. The van der Waals surface area contributed by atoms with Crippen molar-refractivity contribution in [1.82, 2.24) is 0 Å². The quantitative estimate of drug-likeness (QED) is 0.766. The smallest absolute Gasteiger partial charge is 0.221 e. The SMILES string of the molecule is C=CCN(CC=C)c1cc(OC)ccc1NC(C)=O. The van der Waals surface area contributed by atoms with Gasteiger partial charge in [-0.3, -0.25) is 4.79 Å². The topological polar surface area (TPSA) is 41.6 Å². The predicted molar refractivity (Wildman–Crippen MR) is 79.9 cm³/mol. The Balaban J connectivity index is 3.19. The molecule has 1 N–H and O–H groups in total. The van der Waals surface area contributed by atoms with Gasteiger partial charge in [-0.05, 0) is 12.1 Å². The number of hydrogen-bond donors (Lipinski definition) is 1. The maximum atomic E-state index is 11.3. The largest absolute Gasteiger partial charge is 0.497 e. The highest BCUT2D eigenvalue weighted by molar-refractivity contribution is 5.93. The molecule has 0 fully saturated rings. The molecule has 4 nitrogen and oxygen atoms in total. The van der Waals surface area contributed by atoms with Crippen LogP contribution in [-0.4, -0.2) is 26.1 Å². The van der Waals surface area contributed by atoms with E-state index in [1.807, 2.05) is 23.1 Å². The zero-order chi connectivity index (χ0) is 14.3. The third-order valence-electron chi connectivity index (χ3n) is 2.56. The number of nitrogens with zero attached hydrogens (tertiary/aromatic N) is 1. The number of benzene rings is 1. The zero-order valence-electron chi connectivity index (χ0n) is 11.5. The number of nitrogens with one attached hydrogen (secondary N) is 1. The molecule has 0 radical (unpaired) electrons. The van der Waals surface area contributed by atoms with Crippen LogP contribution in [0.2, 0.25) is 0 Å². The Hall–Kier alpha value is -2.23.